The minimum absolute atomic E-state index is 0.201. The number of ether oxygens (including phenoxy) is 4. The molecule has 0 bridgehead atoms. The number of carbonyl (C=O) groups is 2. The van der Waals surface area contributed by atoms with Gasteiger partial charge in [0.1, 0.15) is 16.9 Å². The van der Waals surface area contributed by atoms with Crippen LogP contribution in [0.2, 0.25) is 0 Å². The van der Waals surface area contributed by atoms with E-state index in [0.29, 0.717) is 0 Å². The van der Waals surface area contributed by atoms with E-state index in [1.807, 2.05) is 0 Å². The molecule has 136 valence electrons. The summed E-state index contributed by atoms with van der Waals surface area (Å²) in [4.78, 5) is 28.9. The van der Waals surface area contributed by atoms with Crippen molar-refractivity contribution in [2.75, 3.05) is 14.2 Å². The van der Waals surface area contributed by atoms with Crippen LogP contribution in [0.25, 0.3) is 0 Å². The molecule has 8 heteroatoms. The van der Waals surface area contributed by atoms with Gasteiger partial charge in [-0.05, 0) is 41.5 Å². The molecule has 1 aromatic heterocycles. The molecule has 0 aliphatic carbocycles. The summed E-state index contributed by atoms with van der Waals surface area (Å²) in [5, 5.41) is 0. The molecule has 1 aromatic rings. The van der Waals surface area contributed by atoms with Gasteiger partial charge >= 0.3 is 12.1 Å². The molecule has 0 spiro atoms. The topological polar surface area (TPSA) is 88.9 Å². The van der Waals surface area contributed by atoms with Gasteiger partial charge < -0.3 is 18.9 Å². The van der Waals surface area contributed by atoms with Gasteiger partial charge in [0.15, 0.2) is 0 Å². The first-order chi connectivity index (χ1) is 10.9. The second-order valence-corrected chi connectivity index (χ2v) is 7.13. The number of aromatic nitrogens is 2. The molecule has 0 aromatic carbocycles. The van der Waals surface area contributed by atoms with E-state index in [2.05, 4.69) is 4.98 Å². The minimum atomic E-state index is -0.888. The Labute approximate surface area is 142 Å². The van der Waals surface area contributed by atoms with Crippen LogP contribution in [-0.2, 0) is 18.9 Å². The zero-order valence-corrected chi connectivity index (χ0v) is 15.5. The molecule has 0 N–H and O–H groups in total. The Balaban J connectivity index is 3.34. The van der Waals surface area contributed by atoms with Crippen LogP contribution in [0, 0.1) is 0 Å². The molecular weight excluding hydrogens is 316 g/mol. The highest BCUT2D eigenvalue weighted by atomic mass is 16.7. The molecule has 1 heterocycles. The van der Waals surface area contributed by atoms with E-state index in [9.17, 15) is 9.59 Å². The Hall–Kier alpha value is -1.93. The molecule has 0 fully saturated rings. The number of carbonyl (C=O) groups excluding carboxylic acids is 2. The van der Waals surface area contributed by atoms with Crippen LogP contribution >= 0.6 is 0 Å². The average molecular weight is 342 g/mol. The number of methoxy groups -OCH3 is 2. The Morgan fingerprint density at radius 2 is 1.50 bits per heavy atom. The second kappa shape index (κ2) is 7.31. The molecule has 1 rings (SSSR count). The summed E-state index contributed by atoms with van der Waals surface area (Å²) in [7, 11) is 2.82. The quantitative estimate of drug-likeness (QED) is 0.614. The molecule has 0 saturated heterocycles. The summed E-state index contributed by atoms with van der Waals surface area (Å²) >= 11 is 0. The molecule has 0 radical (unpaired) electrons. The third-order valence-corrected chi connectivity index (χ3v) is 2.62. The molecule has 24 heavy (non-hydrogen) atoms. The van der Waals surface area contributed by atoms with E-state index in [4.69, 9.17) is 18.9 Å². The predicted octanol–water partition coefficient (Wildman–Crippen LogP) is 2.91. The van der Waals surface area contributed by atoms with Crippen molar-refractivity contribution in [1.29, 1.82) is 0 Å². The van der Waals surface area contributed by atoms with Crippen molar-refractivity contribution in [3.05, 3.63) is 17.7 Å². The summed E-state index contributed by atoms with van der Waals surface area (Å²) in [6.45, 7) is 10.3. The van der Waals surface area contributed by atoms with Crippen molar-refractivity contribution in [3.63, 3.8) is 0 Å². The van der Waals surface area contributed by atoms with Crippen molar-refractivity contribution >= 4 is 12.1 Å². The third kappa shape index (κ3) is 5.31. The maximum Gasteiger partial charge on any atom is 0.420 e. The summed E-state index contributed by atoms with van der Waals surface area (Å²) in [6, 6.07) is 0. The maximum atomic E-state index is 12.6. The van der Waals surface area contributed by atoms with Gasteiger partial charge in [0.25, 0.3) is 0 Å². The van der Waals surface area contributed by atoms with Crippen molar-refractivity contribution in [2.24, 2.45) is 0 Å². The largest absolute Gasteiger partial charge is 0.454 e. The summed E-state index contributed by atoms with van der Waals surface area (Å²) in [5.74, 6) is -0.946. The van der Waals surface area contributed by atoms with E-state index in [-0.39, 0.29) is 11.5 Å². The highest BCUT2D eigenvalue weighted by Crippen LogP contribution is 2.22. The van der Waals surface area contributed by atoms with E-state index < -0.39 is 29.6 Å². The maximum absolute atomic E-state index is 12.6. The van der Waals surface area contributed by atoms with Crippen LogP contribution in [0.1, 0.15) is 64.1 Å². The molecule has 0 aliphatic rings. The lowest BCUT2D eigenvalue weighted by Crippen LogP contribution is -2.32. The first-order valence-corrected chi connectivity index (χ1v) is 7.49. The van der Waals surface area contributed by atoms with E-state index >= 15 is 0 Å². The van der Waals surface area contributed by atoms with Crippen molar-refractivity contribution in [3.8, 4) is 0 Å². The number of hydrogen-bond donors (Lipinski definition) is 0. The third-order valence-electron chi connectivity index (χ3n) is 2.62. The molecule has 0 atom stereocenters. The van der Waals surface area contributed by atoms with Gasteiger partial charge in [-0.15, -0.1) is 0 Å². The SMILES string of the molecule is COC(OC)c1cnc(C(=O)OC(C)(C)C)n1C(=O)OC(C)(C)C. The number of nitrogens with zero attached hydrogens (tertiary/aromatic N) is 2. The second-order valence-electron chi connectivity index (χ2n) is 7.13. The van der Waals surface area contributed by atoms with Crippen LogP contribution < -0.4 is 0 Å². The first kappa shape index (κ1) is 20.1. The summed E-state index contributed by atoms with van der Waals surface area (Å²) in [6.07, 6.45) is -0.336. The summed E-state index contributed by atoms with van der Waals surface area (Å²) < 4.78 is 22.0. The monoisotopic (exact) mass is 342 g/mol. The molecule has 0 amide bonds. The van der Waals surface area contributed by atoms with Crippen LogP contribution in [0.4, 0.5) is 4.79 Å². The number of hydrogen-bond acceptors (Lipinski definition) is 7. The van der Waals surface area contributed by atoms with Gasteiger partial charge in [-0.25, -0.2) is 19.1 Å². The number of esters is 1. The van der Waals surface area contributed by atoms with Crippen LogP contribution in [0.3, 0.4) is 0 Å². The van der Waals surface area contributed by atoms with E-state index in [1.54, 1.807) is 41.5 Å². The standard InChI is InChI=1S/C16H26N2O6/c1-15(2,3)23-12(19)11-17-9-10(13(21-7)22-8)18(11)14(20)24-16(4,5)6/h9,13H,1-8H3. The normalized spacial score (nSPS) is 12.4. The zero-order valence-electron chi connectivity index (χ0n) is 15.5. The highest BCUT2D eigenvalue weighted by Gasteiger charge is 2.32. The zero-order chi connectivity index (χ0) is 18.7. The Kier molecular flexibility index (Phi) is 6.13. The smallest absolute Gasteiger partial charge is 0.420 e. The fourth-order valence-electron chi connectivity index (χ4n) is 1.84. The van der Waals surface area contributed by atoms with Crippen molar-refractivity contribution in [2.45, 2.75) is 59.0 Å². The van der Waals surface area contributed by atoms with Crippen molar-refractivity contribution < 1.29 is 28.5 Å². The van der Waals surface area contributed by atoms with Crippen LogP contribution in [0.5, 0.6) is 0 Å². The van der Waals surface area contributed by atoms with Crippen molar-refractivity contribution in [1.82, 2.24) is 9.55 Å². The first-order valence-electron chi connectivity index (χ1n) is 7.49. The lowest BCUT2D eigenvalue weighted by Gasteiger charge is -2.23. The van der Waals surface area contributed by atoms with E-state index in [1.165, 1.54) is 20.4 Å². The highest BCUT2D eigenvalue weighted by molar-refractivity contribution is 5.90. The van der Waals surface area contributed by atoms with Gasteiger partial charge in [0, 0.05) is 14.2 Å². The summed E-state index contributed by atoms with van der Waals surface area (Å²) in [5.41, 5.74) is -1.25. The van der Waals surface area contributed by atoms with Gasteiger partial charge in [0.2, 0.25) is 12.1 Å². The Morgan fingerprint density at radius 1 is 1.00 bits per heavy atom. The van der Waals surface area contributed by atoms with Gasteiger partial charge in [0.05, 0.1) is 6.20 Å². The Bertz CT molecular complexity index is 591. The molecular formula is C16H26N2O6. The van der Waals surface area contributed by atoms with Gasteiger partial charge in [-0.1, -0.05) is 0 Å². The predicted molar refractivity (Wildman–Crippen MR) is 85.8 cm³/mol. The molecule has 0 unspecified atom stereocenters. The Morgan fingerprint density at radius 3 is 1.92 bits per heavy atom. The average Bonchev–Trinajstić information content (AvgIpc) is 2.81. The van der Waals surface area contributed by atoms with E-state index in [0.717, 1.165) is 4.57 Å². The number of imidazole rings is 1. The number of rotatable bonds is 4. The van der Waals surface area contributed by atoms with Crippen LogP contribution in [0.15, 0.2) is 6.20 Å². The lowest BCUT2D eigenvalue weighted by atomic mass is 10.2. The molecule has 0 saturated carbocycles. The minimum Gasteiger partial charge on any atom is -0.454 e. The van der Waals surface area contributed by atoms with Gasteiger partial charge in [-0.3, -0.25) is 0 Å². The van der Waals surface area contributed by atoms with Gasteiger partial charge in [-0.2, -0.15) is 0 Å². The fourth-order valence-corrected chi connectivity index (χ4v) is 1.84. The lowest BCUT2D eigenvalue weighted by molar-refractivity contribution is -0.110. The fraction of sp³-hybridized carbons (Fsp3) is 0.688. The van der Waals surface area contributed by atoms with Crippen LogP contribution in [-0.4, -0.2) is 47.0 Å². The molecule has 0 aliphatic heterocycles. The molecule has 8 nitrogen and oxygen atoms in total.